The fraction of sp³-hybridized carbons (Fsp3) is 0.750. The summed E-state index contributed by atoms with van der Waals surface area (Å²) in [4.78, 5) is 19.7. The molecule has 0 aliphatic heterocycles. The Morgan fingerprint density at radius 1 is 1.33 bits per heavy atom. The molecule has 0 aromatic rings. The van der Waals surface area contributed by atoms with Gasteiger partial charge in [0.05, 0.1) is 0 Å². The van der Waals surface area contributed by atoms with E-state index in [1.165, 1.54) is 6.42 Å². The molecule has 0 aromatic carbocycles. The Morgan fingerprint density at radius 3 is 1.92 bits per heavy atom. The quantitative estimate of drug-likeness (QED) is 0.645. The van der Waals surface area contributed by atoms with E-state index in [1.807, 2.05) is 0 Å². The molecule has 70 valence electrons. The summed E-state index contributed by atoms with van der Waals surface area (Å²) in [5, 5.41) is 7.59. The van der Waals surface area contributed by atoms with E-state index in [-0.39, 0.29) is 5.88 Å². The van der Waals surface area contributed by atoms with Gasteiger partial charge in [-0.3, -0.25) is 9.59 Å². The van der Waals surface area contributed by atoms with Crippen LogP contribution < -0.4 is 0 Å². The van der Waals surface area contributed by atoms with Gasteiger partial charge in [-0.2, -0.15) is 0 Å². The van der Waals surface area contributed by atoms with E-state index in [0.717, 1.165) is 25.7 Å². The summed E-state index contributed by atoms with van der Waals surface area (Å²) in [7, 11) is 0. The molecule has 0 spiro atoms. The van der Waals surface area contributed by atoms with Crippen molar-refractivity contribution in [3.05, 3.63) is 0 Å². The molecule has 0 atom stereocenters. The molecule has 1 aliphatic rings. The summed E-state index contributed by atoms with van der Waals surface area (Å²) in [6.07, 6.45) is 5.24. The second-order valence-electron chi connectivity index (χ2n) is 2.63. The molecule has 4 heteroatoms. The topological polar surface area (TPSA) is 54.4 Å². The van der Waals surface area contributed by atoms with Crippen molar-refractivity contribution in [3.8, 4) is 0 Å². The fourth-order valence-corrected chi connectivity index (χ4v) is 0.946. The number of hydrogen-bond acceptors (Lipinski definition) is 2. The number of rotatable bonds is 1. The molecule has 0 saturated heterocycles. The lowest BCUT2D eigenvalue weighted by Crippen LogP contribution is -2.02. The van der Waals surface area contributed by atoms with Crippen LogP contribution >= 0.6 is 11.6 Å². The molecule has 1 rings (SSSR count). The highest BCUT2D eigenvalue weighted by Gasteiger charge is 2.05. The summed E-state index contributed by atoms with van der Waals surface area (Å²) in [6.45, 7) is 0. The Kier molecular flexibility index (Phi) is 6.76. The van der Waals surface area contributed by atoms with Gasteiger partial charge >= 0.3 is 5.97 Å². The van der Waals surface area contributed by atoms with Crippen molar-refractivity contribution in [2.75, 3.05) is 5.88 Å². The van der Waals surface area contributed by atoms with E-state index in [0.29, 0.717) is 5.78 Å². The number of ketones is 1. The Bertz CT molecular complexity index is 148. The highest BCUT2D eigenvalue weighted by molar-refractivity contribution is 6.26. The molecule has 0 heterocycles. The van der Waals surface area contributed by atoms with Gasteiger partial charge in [-0.1, -0.05) is 6.42 Å². The van der Waals surface area contributed by atoms with Crippen LogP contribution in [0.3, 0.4) is 0 Å². The highest BCUT2D eigenvalue weighted by atomic mass is 35.5. The molecule has 1 saturated carbocycles. The van der Waals surface area contributed by atoms with Crippen molar-refractivity contribution in [1.82, 2.24) is 0 Å². The molecule has 3 nitrogen and oxygen atoms in total. The first-order valence-electron chi connectivity index (χ1n) is 3.96. The number of alkyl halides is 1. The Balaban J connectivity index is 0.000000217. The zero-order chi connectivity index (χ0) is 9.40. The molecular formula is C8H13ClO3. The maximum Gasteiger partial charge on any atom is 0.318 e. The van der Waals surface area contributed by atoms with Crippen LogP contribution in [0.4, 0.5) is 0 Å². The van der Waals surface area contributed by atoms with Crippen LogP contribution in [0, 0.1) is 0 Å². The Labute approximate surface area is 76.7 Å². The van der Waals surface area contributed by atoms with Crippen LogP contribution in [-0.4, -0.2) is 22.7 Å². The van der Waals surface area contributed by atoms with Crippen molar-refractivity contribution in [1.29, 1.82) is 0 Å². The van der Waals surface area contributed by atoms with Gasteiger partial charge in [0.1, 0.15) is 11.7 Å². The molecular weight excluding hydrogens is 180 g/mol. The summed E-state index contributed by atoms with van der Waals surface area (Å²) < 4.78 is 0. The van der Waals surface area contributed by atoms with Crippen LogP contribution in [-0.2, 0) is 9.59 Å². The number of aliphatic carboxylic acids is 1. The third-order valence-electron chi connectivity index (χ3n) is 1.53. The number of Topliss-reactive ketones (excluding diaryl/α,β-unsaturated/α-hetero) is 1. The van der Waals surface area contributed by atoms with Crippen molar-refractivity contribution >= 4 is 23.4 Å². The standard InChI is InChI=1S/C6H10O.C2H3ClO2/c7-6-4-2-1-3-5-6;3-1-2(4)5/h1-5H2;1H2,(H,4,5). The van der Waals surface area contributed by atoms with Crippen LogP contribution in [0.15, 0.2) is 0 Å². The average molecular weight is 193 g/mol. The van der Waals surface area contributed by atoms with Gasteiger partial charge in [-0.05, 0) is 12.8 Å². The minimum Gasteiger partial charge on any atom is -0.480 e. The van der Waals surface area contributed by atoms with Crippen molar-refractivity contribution in [3.63, 3.8) is 0 Å². The molecule has 1 fully saturated rings. The Morgan fingerprint density at radius 2 is 1.75 bits per heavy atom. The summed E-state index contributed by atoms with van der Waals surface area (Å²) >= 11 is 4.74. The van der Waals surface area contributed by atoms with Gasteiger partial charge in [-0.25, -0.2) is 0 Å². The fourth-order valence-electron chi connectivity index (χ4n) is 0.946. The predicted molar refractivity (Wildman–Crippen MR) is 46.4 cm³/mol. The number of carbonyl (C=O) groups is 2. The monoisotopic (exact) mass is 192 g/mol. The molecule has 0 radical (unpaired) electrons. The van der Waals surface area contributed by atoms with Gasteiger partial charge in [0.15, 0.2) is 0 Å². The maximum absolute atomic E-state index is 10.5. The third-order valence-corrected chi connectivity index (χ3v) is 1.75. The van der Waals surface area contributed by atoms with E-state index in [2.05, 4.69) is 0 Å². The largest absolute Gasteiger partial charge is 0.480 e. The summed E-state index contributed by atoms with van der Waals surface area (Å²) in [5.74, 6) is -0.821. The average Bonchev–Trinajstić information content (AvgIpc) is 2.07. The first-order chi connectivity index (χ1) is 5.66. The van der Waals surface area contributed by atoms with Gasteiger partial charge in [0, 0.05) is 12.8 Å². The number of carboxylic acids is 1. The van der Waals surface area contributed by atoms with Crippen LogP contribution in [0.25, 0.3) is 0 Å². The number of hydrogen-bond donors (Lipinski definition) is 1. The Hall–Kier alpha value is -0.570. The van der Waals surface area contributed by atoms with Gasteiger partial charge in [-0.15, -0.1) is 11.6 Å². The minimum absolute atomic E-state index is 0.306. The molecule has 0 unspecified atom stereocenters. The lowest BCUT2D eigenvalue weighted by atomic mass is 10.00. The molecule has 0 amide bonds. The lowest BCUT2D eigenvalue weighted by Gasteiger charge is -2.05. The van der Waals surface area contributed by atoms with Crippen molar-refractivity contribution in [2.24, 2.45) is 0 Å². The number of carbonyl (C=O) groups excluding carboxylic acids is 1. The zero-order valence-corrected chi connectivity index (χ0v) is 7.64. The van der Waals surface area contributed by atoms with E-state index >= 15 is 0 Å². The first-order valence-corrected chi connectivity index (χ1v) is 4.49. The zero-order valence-electron chi connectivity index (χ0n) is 6.88. The smallest absolute Gasteiger partial charge is 0.318 e. The minimum atomic E-state index is -0.980. The van der Waals surface area contributed by atoms with Crippen LogP contribution in [0.2, 0.25) is 0 Å². The first kappa shape index (κ1) is 11.4. The van der Waals surface area contributed by atoms with Crippen molar-refractivity contribution < 1.29 is 14.7 Å². The molecule has 1 N–H and O–H groups in total. The summed E-state index contributed by atoms with van der Waals surface area (Å²) in [6, 6.07) is 0. The third kappa shape index (κ3) is 7.54. The molecule has 1 aliphatic carbocycles. The van der Waals surface area contributed by atoms with Gasteiger partial charge in [0.25, 0.3) is 0 Å². The predicted octanol–water partition coefficient (Wildman–Crippen LogP) is 1.83. The van der Waals surface area contributed by atoms with Crippen molar-refractivity contribution in [2.45, 2.75) is 32.1 Å². The highest BCUT2D eigenvalue weighted by Crippen LogP contribution is 2.12. The van der Waals surface area contributed by atoms with Gasteiger partial charge in [0.2, 0.25) is 0 Å². The van der Waals surface area contributed by atoms with Gasteiger partial charge < -0.3 is 5.11 Å². The molecule has 0 bridgehead atoms. The van der Waals surface area contributed by atoms with Crippen LogP contribution in [0.5, 0.6) is 0 Å². The van der Waals surface area contributed by atoms with E-state index < -0.39 is 5.97 Å². The second-order valence-corrected chi connectivity index (χ2v) is 2.89. The SMILES string of the molecule is O=C(O)CCl.O=C1CCCCC1. The maximum atomic E-state index is 10.5. The lowest BCUT2D eigenvalue weighted by molar-refractivity contribution is -0.134. The van der Waals surface area contributed by atoms with E-state index in [4.69, 9.17) is 16.7 Å². The normalized spacial score (nSPS) is 16.2. The summed E-state index contributed by atoms with van der Waals surface area (Å²) in [5.41, 5.74) is 0. The van der Waals surface area contributed by atoms with Crippen LogP contribution in [0.1, 0.15) is 32.1 Å². The second kappa shape index (κ2) is 7.10. The number of carboxylic acid groups (broad SMARTS) is 1. The molecule has 0 aromatic heterocycles. The molecule has 12 heavy (non-hydrogen) atoms. The van der Waals surface area contributed by atoms with E-state index in [1.54, 1.807) is 0 Å². The van der Waals surface area contributed by atoms with E-state index in [9.17, 15) is 9.59 Å². The number of halogens is 1.